The number of aryl methyl sites for hydroxylation is 1. The molecule has 0 amide bonds. The summed E-state index contributed by atoms with van der Waals surface area (Å²) in [7, 11) is 0. The van der Waals surface area contributed by atoms with Gasteiger partial charge in [-0.2, -0.15) is 0 Å². The van der Waals surface area contributed by atoms with E-state index < -0.39 is 0 Å². The molecular weight excluding hydrogens is 222 g/mol. The lowest BCUT2D eigenvalue weighted by Gasteiger charge is -2.29. The highest BCUT2D eigenvalue weighted by Gasteiger charge is 2.22. The molecule has 0 unspecified atom stereocenters. The molecule has 0 bridgehead atoms. The first-order valence-electron chi connectivity index (χ1n) is 6.68. The fourth-order valence-electron chi connectivity index (χ4n) is 2.38. The van der Waals surface area contributed by atoms with Gasteiger partial charge < -0.3 is 10.6 Å². The van der Waals surface area contributed by atoms with E-state index in [9.17, 15) is 0 Å². The number of nitrogens with one attached hydrogen (secondary N) is 2. The predicted octanol–water partition coefficient (Wildman–Crippen LogP) is 2.21. The second kappa shape index (κ2) is 5.42. The second-order valence-corrected chi connectivity index (χ2v) is 5.56. The Morgan fingerprint density at radius 1 is 1.33 bits per heavy atom. The largest absolute Gasteiger partial charge is 0.356 e. The molecule has 0 aliphatic carbocycles. The maximum absolute atomic E-state index is 4.44. The van der Waals surface area contributed by atoms with E-state index in [1.165, 1.54) is 11.1 Å². The Balaban J connectivity index is 2.03. The van der Waals surface area contributed by atoms with Crippen molar-refractivity contribution < 1.29 is 0 Å². The van der Waals surface area contributed by atoms with Crippen LogP contribution in [0.25, 0.3) is 0 Å². The Morgan fingerprint density at radius 3 is 2.78 bits per heavy atom. The molecule has 0 radical (unpaired) electrons. The maximum atomic E-state index is 4.44. The molecule has 3 nitrogen and oxygen atoms in total. The van der Waals surface area contributed by atoms with Crippen LogP contribution in [-0.2, 0) is 5.41 Å². The van der Waals surface area contributed by atoms with Gasteiger partial charge in [0.05, 0.1) is 0 Å². The van der Waals surface area contributed by atoms with Crippen LogP contribution < -0.4 is 10.6 Å². The SMILES string of the molecule is Cc1ccccc1C(C)(C)CNC1=NCCCN1. The van der Waals surface area contributed by atoms with E-state index in [1.807, 2.05) is 0 Å². The Bertz CT molecular complexity index is 435. The quantitative estimate of drug-likeness (QED) is 0.856. The van der Waals surface area contributed by atoms with E-state index in [-0.39, 0.29) is 5.41 Å². The van der Waals surface area contributed by atoms with Crippen LogP contribution in [0, 0.1) is 6.92 Å². The highest BCUT2D eigenvalue weighted by molar-refractivity contribution is 5.80. The van der Waals surface area contributed by atoms with Crippen LogP contribution in [0.15, 0.2) is 29.3 Å². The van der Waals surface area contributed by atoms with E-state index in [0.717, 1.165) is 32.0 Å². The summed E-state index contributed by atoms with van der Waals surface area (Å²) in [5.41, 5.74) is 2.85. The molecule has 0 saturated carbocycles. The monoisotopic (exact) mass is 245 g/mol. The average molecular weight is 245 g/mol. The summed E-state index contributed by atoms with van der Waals surface area (Å²) in [6.45, 7) is 9.56. The third kappa shape index (κ3) is 3.03. The van der Waals surface area contributed by atoms with Gasteiger partial charge in [0.15, 0.2) is 5.96 Å². The molecule has 1 aromatic rings. The summed E-state index contributed by atoms with van der Waals surface area (Å²) in [5.74, 6) is 0.947. The molecule has 0 fully saturated rings. The lowest BCUT2D eigenvalue weighted by Crippen LogP contribution is -2.45. The van der Waals surface area contributed by atoms with Crippen LogP contribution in [0.3, 0.4) is 0 Å². The van der Waals surface area contributed by atoms with Crippen LogP contribution in [0.1, 0.15) is 31.4 Å². The van der Waals surface area contributed by atoms with Crippen LogP contribution in [0.5, 0.6) is 0 Å². The fraction of sp³-hybridized carbons (Fsp3) is 0.533. The minimum atomic E-state index is 0.104. The minimum absolute atomic E-state index is 0.104. The maximum Gasteiger partial charge on any atom is 0.191 e. The summed E-state index contributed by atoms with van der Waals surface area (Å²) < 4.78 is 0. The minimum Gasteiger partial charge on any atom is -0.356 e. The first-order chi connectivity index (χ1) is 8.59. The standard InChI is InChI=1S/C15H23N3/c1-12-7-4-5-8-13(12)15(2,3)11-18-14-16-9-6-10-17-14/h4-5,7-8H,6,9-11H2,1-3H3,(H2,16,17,18). The van der Waals surface area contributed by atoms with E-state index in [4.69, 9.17) is 0 Å². The second-order valence-electron chi connectivity index (χ2n) is 5.56. The Hall–Kier alpha value is -1.51. The predicted molar refractivity (Wildman–Crippen MR) is 77.1 cm³/mol. The third-order valence-electron chi connectivity index (χ3n) is 3.47. The molecule has 2 N–H and O–H groups in total. The molecule has 1 aliphatic rings. The summed E-state index contributed by atoms with van der Waals surface area (Å²) in [4.78, 5) is 4.44. The first-order valence-corrected chi connectivity index (χ1v) is 6.68. The Morgan fingerprint density at radius 2 is 2.11 bits per heavy atom. The first kappa shape index (κ1) is 12.9. The van der Waals surface area contributed by atoms with Gasteiger partial charge in [-0.05, 0) is 24.5 Å². The van der Waals surface area contributed by atoms with Crippen molar-refractivity contribution in [2.45, 2.75) is 32.6 Å². The molecule has 1 aromatic carbocycles. The van der Waals surface area contributed by atoms with Gasteiger partial charge in [0, 0.05) is 25.0 Å². The summed E-state index contributed by atoms with van der Waals surface area (Å²) in [6.07, 6.45) is 1.13. The molecular formula is C15H23N3. The van der Waals surface area contributed by atoms with Crippen LogP contribution in [0.2, 0.25) is 0 Å². The number of guanidine groups is 1. The lowest BCUT2D eigenvalue weighted by atomic mass is 9.82. The van der Waals surface area contributed by atoms with Crippen LogP contribution in [0.4, 0.5) is 0 Å². The van der Waals surface area contributed by atoms with Gasteiger partial charge in [-0.15, -0.1) is 0 Å². The van der Waals surface area contributed by atoms with E-state index in [2.05, 4.69) is 60.7 Å². The molecule has 0 aromatic heterocycles. The number of aliphatic imine (C=N–C) groups is 1. The molecule has 0 saturated heterocycles. The zero-order valence-corrected chi connectivity index (χ0v) is 11.6. The molecule has 1 aliphatic heterocycles. The van der Waals surface area contributed by atoms with Gasteiger partial charge >= 0.3 is 0 Å². The smallest absolute Gasteiger partial charge is 0.191 e. The number of rotatable bonds is 3. The molecule has 0 atom stereocenters. The van der Waals surface area contributed by atoms with Crippen molar-refractivity contribution in [1.82, 2.24) is 10.6 Å². The highest BCUT2D eigenvalue weighted by atomic mass is 15.2. The zero-order valence-electron chi connectivity index (χ0n) is 11.6. The van der Waals surface area contributed by atoms with Gasteiger partial charge in [-0.25, -0.2) is 0 Å². The molecule has 1 heterocycles. The Kier molecular flexibility index (Phi) is 3.90. The fourth-order valence-corrected chi connectivity index (χ4v) is 2.38. The van der Waals surface area contributed by atoms with Crippen molar-refractivity contribution in [3.63, 3.8) is 0 Å². The number of nitrogens with zero attached hydrogens (tertiary/aromatic N) is 1. The van der Waals surface area contributed by atoms with Crippen molar-refractivity contribution in [3.05, 3.63) is 35.4 Å². The number of benzene rings is 1. The van der Waals surface area contributed by atoms with Gasteiger partial charge in [0.25, 0.3) is 0 Å². The molecule has 18 heavy (non-hydrogen) atoms. The summed E-state index contributed by atoms with van der Waals surface area (Å²) >= 11 is 0. The Labute approximate surface area is 110 Å². The molecule has 3 heteroatoms. The van der Waals surface area contributed by atoms with Crippen LogP contribution >= 0.6 is 0 Å². The van der Waals surface area contributed by atoms with Crippen molar-refractivity contribution in [2.24, 2.45) is 4.99 Å². The normalized spacial score (nSPS) is 15.8. The van der Waals surface area contributed by atoms with Gasteiger partial charge in [0.2, 0.25) is 0 Å². The topological polar surface area (TPSA) is 36.4 Å². The van der Waals surface area contributed by atoms with Crippen molar-refractivity contribution in [1.29, 1.82) is 0 Å². The van der Waals surface area contributed by atoms with E-state index in [1.54, 1.807) is 0 Å². The molecule has 98 valence electrons. The zero-order chi connectivity index (χ0) is 13.0. The van der Waals surface area contributed by atoms with Crippen molar-refractivity contribution in [3.8, 4) is 0 Å². The van der Waals surface area contributed by atoms with Gasteiger partial charge in [-0.1, -0.05) is 38.1 Å². The third-order valence-corrected chi connectivity index (χ3v) is 3.47. The van der Waals surface area contributed by atoms with Crippen LogP contribution in [-0.4, -0.2) is 25.6 Å². The van der Waals surface area contributed by atoms with Gasteiger partial charge in [0.1, 0.15) is 0 Å². The van der Waals surface area contributed by atoms with E-state index in [0.29, 0.717) is 0 Å². The number of hydrogen-bond acceptors (Lipinski definition) is 3. The average Bonchev–Trinajstić information content (AvgIpc) is 2.38. The van der Waals surface area contributed by atoms with Crippen molar-refractivity contribution >= 4 is 5.96 Å². The highest BCUT2D eigenvalue weighted by Crippen LogP contribution is 2.25. The van der Waals surface area contributed by atoms with Crippen molar-refractivity contribution in [2.75, 3.05) is 19.6 Å². The summed E-state index contributed by atoms with van der Waals surface area (Å²) in [6, 6.07) is 8.59. The molecule has 2 rings (SSSR count). The molecule has 0 spiro atoms. The number of hydrogen-bond donors (Lipinski definition) is 2. The van der Waals surface area contributed by atoms with Gasteiger partial charge in [-0.3, -0.25) is 4.99 Å². The lowest BCUT2D eigenvalue weighted by molar-refractivity contribution is 0.503. The van der Waals surface area contributed by atoms with E-state index >= 15 is 0 Å². The summed E-state index contributed by atoms with van der Waals surface area (Å²) in [5, 5.41) is 6.72.